The van der Waals surface area contributed by atoms with Crippen molar-refractivity contribution in [3.05, 3.63) is 59.8 Å². The monoisotopic (exact) mass is 393 g/mol. The average molecular weight is 394 g/mol. The fourth-order valence-electron chi connectivity index (χ4n) is 3.38. The lowest BCUT2D eigenvalue weighted by Crippen LogP contribution is -2.46. The Bertz CT molecular complexity index is 831. The molecule has 6 heteroatoms. The van der Waals surface area contributed by atoms with Crippen molar-refractivity contribution in [3.8, 4) is 0 Å². The maximum atomic E-state index is 11.8. The second-order valence-electron chi connectivity index (χ2n) is 7.94. The Morgan fingerprint density at radius 3 is 2.31 bits per heavy atom. The largest absolute Gasteiger partial charge is 0.378 e. The molecule has 1 aliphatic heterocycles. The van der Waals surface area contributed by atoms with Crippen LogP contribution < -0.4 is 15.1 Å². The summed E-state index contributed by atoms with van der Waals surface area (Å²) in [6.45, 7) is 8.70. The minimum Gasteiger partial charge on any atom is -0.378 e. The number of rotatable bonds is 6. The second-order valence-corrected chi connectivity index (χ2v) is 7.94. The number of anilines is 3. The van der Waals surface area contributed by atoms with E-state index < -0.39 is 0 Å². The van der Waals surface area contributed by atoms with Gasteiger partial charge in [-0.1, -0.05) is 17.7 Å². The first-order chi connectivity index (χ1) is 13.9. The Morgan fingerprint density at radius 1 is 1.07 bits per heavy atom. The highest BCUT2D eigenvalue weighted by atomic mass is 16.1. The van der Waals surface area contributed by atoms with Crippen molar-refractivity contribution in [2.45, 2.75) is 20.4 Å². The lowest BCUT2D eigenvalue weighted by Gasteiger charge is -2.35. The highest BCUT2D eigenvalue weighted by Crippen LogP contribution is 2.18. The number of nitrogens with one attached hydrogen (secondary N) is 1. The van der Waals surface area contributed by atoms with Crippen LogP contribution in [-0.2, 0) is 11.3 Å². The van der Waals surface area contributed by atoms with E-state index >= 15 is 0 Å². The van der Waals surface area contributed by atoms with Crippen LogP contribution in [0.4, 0.5) is 17.2 Å². The molecule has 1 amide bonds. The number of piperazine rings is 1. The highest BCUT2D eigenvalue weighted by Gasteiger charge is 2.18. The third-order valence-electron chi connectivity index (χ3n) is 4.99. The number of pyridine rings is 1. The van der Waals surface area contributed by atoms with Gasteiger partial charge in [0.2, 0.25) is 5.91 Å². The first-order valence-electron chi connectivity index (χ1n) is 10.1. The van der Waals surface area contributed by atoms with Crippen LogP contribution in [0.1, 0.15) is 19.4 Å². The van der Waals surface area contributed by atoms with Gasteiger partial charge >= 0.3 is 0 Å². The van der Waals surface area contributed by atoms with E-state index in [1.54, 1.807) is 12.3 Å². The molecule has 0 spiro atoms. The Morgan fingerprint density at radius 2 is 1.76 bits per heavy atom. The Hall–Kier alpha value is -2.86. The molecule has 0 radical (unpaired) electrons. The topological polar surface area (TPSA) is 51.7 Å². The fourth-order valence-corrected chi connectivity index (χ4v) is 3.38. The van der Waals surface area contributed by atoms with E-state index in [1.165, 1.54) is 11.3 Å². The third kappa shape index (κ3) is 6.06. The van der Waals surface area contributed by atoms with E-state index in [9.17, 15) is 4.79 Å². The number of nitrogens with zero attached hydrogens (tertiary/aromatic N) is 4. The number of carbonyl (C=O) groups is 1. The summed E-state index contributed by atoms with van der Waals surface area (Å²) >= 11 is 0. The average Bonchev–Trinajstić information content (AvgIpc) is 2.69. The molecule has 1 fully saturated rings. The summed E-state index contributed by atoms with van der Waals surface area (Å²) in [6.07, 6.45) is 3.31. The maximum Gasteiger partial charge on any atom is 0.248 e. The summed E-state index contributed by atoms with van der Waals surface area (Å²) in [4.78, 5) is 23.3. The van der Waals surface area contributed by atoms with Crippen molar-refractivity contribution < 1.29 is 4.79 Å². The quantitative estimate of drug-likeness (QED) is 0.763. The molecule has 6 nitrogen and oxygen atoms in total. The molecule has 1 saturated heterocycles. The molecular weight excluding hydrogens is 362 g/mol. The van der Waals surface area contributed by atoms with Gasteiger partial charge in [0.15, 0.2) is 0 Å². The summed E-state index contributed by atoms with van der Waals surface area (Å²) in [6, 6.07) is 12.7. The van der Waals surface area contributed by atoms with Crippen LogP contribution in [0, 0.1) is 0 Å². The van der Waals surface area contributed by atoms with E-state index in [2.05, 4.69) is 63.4 Å². The number of amides is 1. The van der Waals surface area contributed by atoms with Gasteiger partial charge < -0.3 is 15.1 Å². The molecule has 29 heavy (non-hydrogen) atoms. The van der Waals surface area contributed by atoms with Crippen LogP contribution in [0.3, 0.4) is 0 Å². The molecule has 0 atom stereocenters. The Labute approximate surface area is 173 Å². The van der Waals surface area contributed by atoms with Crippen LogP contribution in [0.2, 0.25) is 0 Å². The van der Waals surface area contributed by atoms with Gasteiger partial charge in [0.05, 0.1) is 11.9 Å². The molecule has 0 bridgehead atoms. The van der Waals surface area contributed by atoms with E-state index in [4.69, 9.17) is 0 Å². The van der Waals surface area contributed by atoms with Crippen molar-refractivity contribution >= 4 is 23.1 Å². The van der Waals surface area contributed by atoms with Gasteiger partial charge in [-0.25, -0.2) is 4.98 Å². The molecular formula is C23H31N5O. The van der Waals surface area contributed by atoms with Crippen LogP contribution in [0.5, 0.6) is 0 Å². The number of hydrogen-bond donors (Lipinski definition) is 1. The minimum absolute atomic E-state index is 0.119. The Kier molecular flexibility index (Phi) is 6.88. The van der Waals surface area contributed by atoms with Gasteiger partial charge in [0.25, 0.3) is 0 Å². The summed E-state index contributed by atoms with van der Waals surface area (Å²) in [5, 5.41) is 2.84. The molecule has 2 heterocycles. The fraction of sp³-hybridized carbons (Fsp3) is 0.391. The van der Waals surface area contributed by atoms with Crippen molar-refractivity contribution in [2.75, 3.05) is 55.4 Å². The van der Waals surface area contributed by atoms with Gasteiger partial charge in [-0.2, -0.15) is 0 Å². The lowest BCUT2D eigenvalue weighted by atomic mass is 10.1. The van der Waals surface area contributed by atoms with Gasteiger partial charge in [-0.15, -0.1) is 0 Å². The molecule has 154 valence electrons. The SMILES string of the molecule is CC(C)=CC(=O)Nc1ccc(N2CCN(Cc3ccc(N(C)C)cc3)CC2)nc1. The van der Waals surface area contributed by atoms with Gasteiger partial charge in [-0.3, -0.25) is 9.69 Å². The normalized spacial score (nSPS) is 14.4. The zero-order valence-corrected chi connectivity index (χ0v) is 17.9. The third-order valence-corrected chi connectivity index (χ3v) is 4.99. The molecule has 3 rings (SSSR count). The summed E-state index contributed by atoms with van der Waals surface area (Å²) < 4.78 is 0. The predicted octanol–water partition coefficient (Wildman–Crippen LogP) is 3.37. The van der Waals surface area contributed by atoms with Crippen LogP contribution in [-0.4, -0.2) is 56.1 Å². The Balaban J connectivity index is 1.50. The van der Waals surface area contributed by atoms with Gasteiger partial charge in [0.1, 0.15) is 5.82 Å². The van der Waals surface area contributed by atoms with E-state index in [0.29, 0.717) is 0 Å². The number of aromatic nitrogens is 1. The van der Waals surface area contributed by atoms with E-state index in [-0.39, 0.29) is 5.91 Å². The van der Waals surface area contributed by atoms with Crippen molar-refractivity contribution in [1.29, 1.82) is 0 Å². The van der Waals surface area contributed by atoms with Gasteiger partial charge in [0, 0.05) is 58.6 Å². The molecule has 1 aliphatic rings. The van der Waals surface area contributed by atoms with Crippen LogP contribution >= 0.6 is 0 Å². The first kappa shape index (κ1) is 20.9. The van der Waals surface area contributed by atoms with Crippen LogP contribution in [0.25, 0.3) is 0 Å². The standard InChI is InChI=1S/C23H31N5O/c1-18(2)15-23(29)25-20-7-10-22(24-16-20)28-13-11-27(12-14-28)17-19-5-8-21(9-6-19)26(3)4/h5-10,15-16H,11-14,17H2,1-4H3,(H,25,29). The molecule has 1 N–H and O–H groups in total. The second kappa shape index (κ2) is 9.56. The number of benzene rings is 1. The van der Waals surface area contributed by atoms with Crippen molar-refractivity contribution in [1.82, 2.24) is 9.88 Å². The maximum absolute atomic E-state index is 11.8. The summed E-state index contributed by atoms with van der Waals surface area (Å²) in [5.74, 6) is 0.840. The molecule has 0 unspecified atom stereocenters. The van der Waals surface area contributed by atoms with Crippen LogP contribution in [0.15, 0.2) is 54.2 Å². The summed E-state index contributed by atoms with van der Waals surface area (Å²) in [7, 11) is 4.12. The number of carbonyl (C=O) groups excluding carboxylic acids is 1. The molecule has 1 aromatic carbocycles. The zero-order chi connectivity index (χ0) is 20.8. The summed E-state index contributed by atoms with van der Waals surface area (Å²) in [5.41, 5.74) is 4.26. The van der Waals surface area contributed by atoms with E-state index in [1.807, 2.05) is 26.0 Å². The molecule has 2 aromatic rings. The number of allylic oxidation sites excluding steroid dienone is 1. The van der Waals surface area contributed by atoms with Gasteiger partial charge in [-0.05, 0) is 43.7 Å². The number of hydrogen-bond acceptors (Lipinski definition) is 5. The zero-order valence-electron chi connectivity index (χ0n) is 17.9. The smallest absolute Gasteiger partial charge is 0.248 e. The van der Waals surface area contributed by atoms with Crippen molar-refractivity contribution in [2.24, 2.45) is 0 Å². The first-order valence-corrected chi connectivity index (χ1v) is 10.1. The molecule has 0 saturated carbocycles. The molecule has 1 aromatic heterocycles. The predicted molar refractivity (Wildman–Crippen MR) is 121 cm³/mol. The van der Waals surface area contributed by atoms with E-state index in [0.717, 1.165) is 49.8 Å². The molecule has 0 aliphatic carbocycles. The lowest BCUT2D eigenvalue weighted by molar-refractivity contribution is -0.111. The van der Waals surface area contributed by atoms with Crippen molar-refractivity contribution in [3.63, 3.8) is 0 Å². The minimum atomic E-state index is -0.119. The highest BCUT2D eigenvalue weighted by molar-refractivity contribution is 5.99.